The summed E-state index contributed by atoms with van der Waals surface area (Å²) in [4.78, 5) is 0. The van der Waals surface area contributed by atoms with E-state index in [2.05, 4.69) is 38.2 Å². The van der Waals surface area contributed by atoms with E-state index in [1.165, 1.54) is 16.7 Å². The summed E-state index contributed by atoms with van der Waals surface area (Å²) in [5.74, 6) is 0. The number of halogens is 1. The minimum Gasteiger partial charge on any atom is -0.394 e. The van der Waals surface area contributed by atoms with Gasteiger partial charge in [0.15, 0.2) is 0 Å². The van der Waals surface area contributed by atoms with Crippen LogP contribution in [-0.2, 0) is 0 Å². The molecule has 2 rings (SSSR count). The molecule has 2 aromatic carbocycles. The van der Waals surface area contributed by atoms with E-state index in [4.69, 9.17) is 11.6 Å². The molecule has 2 aromatic rings. The first-order chi connectivity index (χ1) is 9.51. The first-order valence-corrected chi connectivity index (χ1v) is 7.09. The van der Waals surface area contributed by atoms with Gasteiger partial charge in [-0.2, -0.15) is 0 Å². The number of aryl methyl sites for hydroxylation is 3. The highest BCUT2D eigenvalue weighted by atomic mass is 35.5. The van der Waals surface area contributed by atoms with Crippen molar-refractivity contribution in [3.8, 4) is 0 Å². The van der Waals surface area contributed by atoms with E-state index in [0.29, 0.717) is 5.02 Å². The fraction of sp³-hybridized carbons (Fsp3) is 0.294. The lowest BCUT2D eigenvalue weighted by Gasteiger charge is -2.22. The van der Waals surface area contributed by atoms with Gasteiger partial charge in [0.2, 0.25) is 0 Å². The maximum Gasteiger partial charge on any atom is 0.0750 e. The topological polar surface area (TPSA) is 32.3 Å². The molecule has 1 unspecified atom stereocenters. The molecular formula is C17H20ClNO. The number of rotatable bonds is 4. The third-order valence-corrected chi connectivity index (χ3v) is 3.67. The van der Waals surface area contributed by atoms with Crippen molar-refractivity contribution in [1.29, 1.82) is 0 Å². The van der Waals surface area contributed by atoms with Gasteiger partial charge in [0, 0.05) is 10.7 Å². The van der Waals surface area contributed by atoms with Crippen LogP contribution in [0.5, 0.6) is 0 Å². The lowest BCUT2D eigenvalue weighted by molar-refractivity contribution is 0.275. The highest BCUT2D eigenvalue weighted by molar-refractivity contribution is 6.30. The zero-order valence-electron chi connectivity index (χ0n) is 12.1. The lowest BCUT2D eigenvalue weighted by atomic mass is 9.94. The highest BCUT2D eigenvalue weighted by Gasteiger charge is 2.15. The molecule has 20 heavy (non-hydrogen) atoms. The molecule has 1 atom stereocenters. The second-order valence-corrected chi connectivity index (χ2v) is 5.64. The van der Waals surface area contributed by atoms with E-state index in [9.17, 15) is 5.11 Å². The second kappa shape index (κ2) is 6.29. The molecule has 0 saturated carbocycles. The molecular weight excluding hydrogens is 270 g/mol. The molecule has 0 radical (unpaired) electrons. The smallest absolute Gasteiger partial charge is 0.0750 e. The van der Waals surface area contributed by atoms with Crippen molar-refractivity contribution < 1.29 is 5.11 Å². The van der Waals surface area contributed by atoms with Crippen LogP contribution in [0.1, 0.15) is 28.3 Å². The fourth-order valence-electron chi connectivity index (χ4n) is 2.73. The zero-order valence-corrected chi connectivity index (χ0v) is 12.8. The number of aliphatic hydroxyl groups excluding tert-OH is 1. The maximum absolute atomic E-state index is 9.73. The van der Waals surface area contributed by atoms with Gasteiger partial charge in [-0.25, -0.2) is 0 Å². The van der Waals surface area contributed by atoms with Crippen LogP contribution in [0, 0.1) is 20.8 Å². The molecule has 0 aliphatic carbocycles. The largest absolute Gasteiger partial charge is 0.394 e. The Bertz CT molecular complexity index is 587. The molecule has 0 aliphatic heterocycles. The van der Waals surface area contributed by atoms with E-state index in [-0.39, 0.29) is 12.6 Å². The normalized spacial score (nSPS) is 12.2. The van der Waals surface area contributed by atoms with Gasteiger partial charge in [0.05, 0.1) is 12.6 Å². The zero-order chi connectivity index (χ0) is 14.7. The summed E-state index contributed by atoms with van der Waals surface area (Å²) >= 11 is 6.00. The van der Waals surface area contributed by atoms with Crippen LogP contribution in [-0.4, -0.2) is 11.7 Å². The van der Waals surface area contributed by atoms with Crippen LogP contribution < -0.4 is 5.32 Å². The Labute approximate surface area is 125 Å². The Balaban J connectivity index is 2.34. The molecule has 0 bridgehead atoms. The Morgan fingerprint density at radius 1 is 1.10 bits per heavy atom. The van der Waals surface area contributed by atoms with Crippen molar-refractivity contribution in [2.75, 3.05) is 11.9 Å². The molecule has 0 spiro atoms. The minimum absolute atomic E-state index is 0.0389. The van der Waals surface area contributed by atoms with Crippen molar-refractivity contribution in [2.45, 2.75) is 26.8 Å². The van der Waals surface area contributed by atoms with E-state index in [1.807, 2.05) is 24.3 Å². The average Bonchev–Trinajstić information content (AvgIpc) is 2.36. The fourth-order valence-corrected chi connectivity index (χ4v) is 2.92. The van der Waals surface area contributed by atoms with E-state index >= 15 is 0 Å². The highest BCUT2D eigenvalue weighted by Crippen LogP contribution is 2.27. The van der Waals surface area contributed by atoms with Crippen molar-refractivity contribution >= 4 is 17.3 Å². The summed E-state index contributed by atoms with van der Waals surface area (Å²) in [5.41, 5.74) is 5.68. The SMILES string of the molecule is Cc1cc(C)c(C(CO)Nc2cccc(Cl)c2)c(C)c1. The summed E-state index contributed by atoms with van der Waals surface area (Å²) in [6, 6.07) is 11.7. The van der Waals surface area contributed by atoms with Crippen molar-refractivity contribution in [2.24, 2.45) is 0 Å². The number of anilines is 1. The molecule has 0 fully saturated rings. The summed E-state index contributed by atoms with van der Waals surface area (Å²) in [7, 11) is 0. The van der Waals surface area contributed by atoms with Crippen LogP contribution in [0.25, 0.3) is 0 Å². The summed E-state index contributed by atoms with van der Waals surface area (Å²) in [5, 5.41) is 13.8. The van der Waals surface area contributed by atoms with E-state index in [1.54, 1.807) is 0 Å². The van der Waals surface area contributed by atoms with Gasteiger partial charge >= 0.3 is 0 Å². The third-order valence-electron chi connectivity index (χ3n) is 3.43. The monoisotopic (exact) mass is 289 g/mol. The van der Waals surface area contributed by atoms with Gasteiger partial charge in [-0.1, -0.05) is 35.4 Å². The number of hydrogen-bond acceptors (Lipinski definition) is 2. The first kappa shape index (κ1) is 14.9. The molecule has 2 N–H and O–H groups in total. The Morgan fingerprint density at radius 2 is 1.75 bits per heavy atom. The molecule has 0 aliphatic rings. The van der Waals surface area contributed by atoms with Crippen LogP contribution in [0.15, 0.2) is 36.4 Å². The van der Waals surface area contributed by atoms with Gasteiger partial charge in [-0.3, -0.25) is 0 Å². The Kier molecular flexibility index (Phi) is 4.69. The molecule has 106 valence electrons. The van der Waals surface area contributed by atoms with Gasteiger partial charge in [0.25, 0.3) is 0 Å². The molecule has 2 nitrogen and oxygen atoms in total. The predicted octanol–water partition coefficient (Wildman–Crippen LogP) is 4.41. The third kappa shape index (κ3) is 3.33. The average molecular weight is 290 g/mol. The standard InChI is InChI=1S/C17H20ClNO/c1-11-7-12(2)17(13(3)8-11)16(10-20)19-15-6-4-5-14(18)9-15/h4-9,16,19-20H,10H2,1-3H3. The van der Waals surface area contributed by atoms with Crippen LogP contribution >= 0.6 is 11.6 Å². The van der Waals surface area contributed by atoms with Crippen LogP contribution in [0.3, 0.4) is 0 Å². The molecule has 3 heteroatoms. The number of nitrogens with one attached hydrogen (secondary N) is 1. The van der Waals surface area contributed by atoms with E-state index in [0.717, 1.165) is 11.3 Å². The lowest BCUT2D eigenvalue weighted by Crippen LogP contribution is -2.17. The maximum atomic E-state index is 9.73. The number of hydrogen-bond donors (Lipinski definition) is 2. The van der Waals surface area contributed by atoms with Crippen molar-refractivity contribution in [3.05, 3.63) is 63.7 Å². The summed E-state index contributed by atoms with van der Waals surface area (Å²) in [6.45, 7) is 6.29. The number of benzene rings is 2. The first-order valence-electron chi connectivity index (χ1n) is 6.72. The van der Waals surface area contributed by atoms with Gasteiger partial charge < -0.3 is 10.4 Å². The molecule has 0 saturated heterocycles. The predicted molar refractivity (Wildman–Crippen MR) is 85.6 cm³/mol. The Hall–Kier alpha value is -1.51. The second-order valence-electron chi connectivity index (χ2n) is 5.20. The minimum atomic E-state index is -0.130. The van der Waals surface area contributed by atoms with Crippen molar-refractivity contribution in [1.82, 2.24) is 0 Å². The van der Waals surface area contributed by atoms with Crippen LogP contribution in [0.2, 0.25) is 5.02 Å². The molecule has 0 heterocycles. The quantitative estimate of drug-likeness (QED) is 0.874. The van der Waals surface area contributed by atoms with Crippen molar-refractivity contribution in [3.63, 3.8) is 0 Å². The van der Waals surface area contributed by atoms with Gasteiger partial charge in [0.1, 0.15) is 0 Å². The van der Waals surface area contributed by atoms with Crippen LogP contribution in [0.4, 0.5) is 5.69 Å². The van der Waals surface area contributed by atoms with Gasteiger partial charge in [-0.05, 0) is 55.7 Å². The Morgan fingerprint density at radius 3 is 2.30 bits per heavy atom. The molecule has 0 aromatic heterocycles. The number of aliphatic hydroxyl groups is 1. The van der Waals surface area contributed by atoms with E-state index < -0.39 is 0 Å². The molecule has 0 amide bonds. The van der Waals surface area contributed by atoms with Gasteiger partial charge in [-0.15, -0.1) is 0 Å². The summed E-state index contributed by atoms with van der Waals surface area (Å²) < 4.78 is 0. The summed E-state index contributed by atoms with van der Waals surface area (Å²) in [6.07, 6.45) is 0.